The molecule has 0 aromatic heterocycles. The van der Waals surface area contributed by atoms with Crippen LogP contribution in [0.4, 0.5) is 8.78 Å². The molecule has 0 aliphatic carbocycles. The van der Waals surface area contributed by atoms with Crippen LogP contribution >= 0.6 is 0 Å². The van der Waals surface area contributed by atoms with Gasteiger partial charge in [-0.15, -0.1) is 0 Å². The maximum absolute atomic E-state index is 12.7. The van der Waals surface area contributed by atoms with Gasteiger partial charge in [-0.2, -0.15) is 0 Å². The smallest absolute Gasteiger partial charge is 0.329 e. The summed E-state index contributed by atoms with van der Waals surface area (Å²) < 4.78 is 67.8. The van der Waals surface area contributed by atoms with Crippen LogP contribution in [-0.4, -0.2) is 29.5 Å². The van der Waals surface area contributed by atoms with Gasteiger partial charge in [0.2, 0.25) is 0 Å². The van der Waals surface area contributed by atoms with Crippen molar-refractivity contribution in [1.29, 1.82) is 0 Å². The van der Waals surface area contributed by atoms with Gasteiger partial charge in [0, 0.05) is 8.22 Å². The van der Waals surface area contributed by atoms with E-state index in [2.05, 4.69) is 0 Å². The van der Waals surface area contributed by atoms with E-state index in [0.717, 1.165) is 0 Å². The third kappa shape index (κ3) is 2.38. The average molecular weight is 188 g/mol. The SMILES string of the molecule is [2H]C([2H])(N)C([2H])([2H])C([2H])([2H])C(N)(C(=O)O)C(F)F. The Morgan fingerprint density at radius 2 is 2.25 bits per heavy atom. The number of aliphatic carboxylic acids is 1. The summed E-state index contributed by atoms with van der Waals surface area (Å²) in [6.45, 7) is -3.41. The van der Waals surface area contributed by atoms with Gasteiger partial charge >= 0.3 is 5.97 Å². The average Bonchev–Trinajstić information content (AvgIpc) is 2.13. The van der Waals surface area contributed by atoms with Crippen molar-refractivity contribution in [1.82, 2.24) is 0 Å². The molecule has 4 nitrogen and oxygen atoms in total. The molecule has 0 radical (unpaired) electrons. The van der Waals surface area contributed by atoms with Gasteiger partial charge in [-0.3, -0.25) is 0 Å². The fourth-order valence-corrected chi connectivity index (χ4v) is 0.341. The van der Waals surface area contributed by atoms with E-state index in [1.165, 1.54) is 0 Å². The van der Waals surface area contributed by atoms with Gasteiger partial charge in [-0.05, 0) is 19.2 Å². The maximum atomic E-state index is 12.7. The highest BCUT2D eigenvalue weighted by atomic mass is 19.3. The van der Waals surface area contributed by atoms with Crippen molar-refractivity contribution < 1.29 is 26.9 Å². The van der Waals surface area contributed by atoms with Crippen LogP contribution in [0.2, 0.25) is 0 Å². The first kappa shape index (κ1) is 4.48. The fourth-order valence-electron chi connectivity index (χ4n) is 0.341. The van der Waals surface area contributed by atoms with Gasteiger partial charge in [0.15, 0.2) is 5.54 Å². The van der Waals surface area contributed by atoms with E-state index in [0.29, 0.717) is 0 Å². The van der Waals surface area contributed by atoms with E-state index >= 15 is 0 Å². The minimum absolute atomic E-state index is 2.50. The summed E-state index contributed by atoms with van der Waals surface area (Å²) in [5.41, 5.74) is 5.54. The molecule has 6 heteroatoms. The minimum Gasteiger partial charge on any atom is -0.480 e. The summed E-state index contributed by atoms with van der Waals surface area (Å²) in [6.07, 6.45) is -11.7. The van der Waals surface area contributed by atoms with E-state index in [9.17, 15) is 13.6 Å². The van der Waals surface area contributed by atoms with Crippen LogP contribution in [0.3, 0.4) is 0 Å². The van der Waals surface area contributed by atoms with Crippen molar-refractivity contribution in [2.75, 3.05) is 6.50 Å². The van der Waals surface area contributed by atoms with Crippen molar-refractivity contribution in [3.8, 4) is 0 Å². The summed E-state index contributed by atoms with van der Waals surface area (Å²) in [5.74, 6) is -2.50. The van der Waals surface area contributed by atoms with Crippen molar-refractivity contribution in [2.45, 2.75) is 24.7 Å². The summed E-state index contributed by atoms with van der Waals surface area (Å²) in [5, 5.41) is 8.59. The Morgan fingerprint density at radius 1 is 1.75 bits per heavy atom. The molecule has 1 unspecified atom stereocenters. The number of alkyl halides is 2. The molecule has 72 valence electrons. The van der Waals surface area contributed by atoms with E-state index in [1.807, 2.05) is 0 Å². The first-order valence-corrected chi connectivity index (χ1v) is 2.73. The number of nitrogens with two attached hydrogens (primary N) is 2. The molecule has 1 atom stereocenters. The van der Waals surface area contributed by atoms with Crippen molar-refractivity contribution in [3.05, 3.63) is 0 Å². The molecule has 0 aromatic carbocycles. The second kappa shape index (κ2) is 4.32. The van der Waals surface area contributed by atoms with E-state index in [4.69, 9.17) is 24.8 Å². The number of hydrogen-bond donors (Lipinski definition) is 3. The van der Waals surface area contributed by atoms with Crippen molar-refractivity contribution in [3.63, 3.8) is 0 Å². The molecule has 0 rings (SSSR count). The molecule has 0 heterocycles. The molecule has 0 aliphatic heterocycles. The number of halogens is 2. The Bertz CT molecular complexity index is 347. The van der Waals surface area contributed by atoms with Crippen LogP contribution in [-0.2, 0) is 4.79 Å². The summed E-state index contributed by atoms with van der Waals surface area (Å²) in [6, 6.07) is 0. The highest BCUT2D eigenvalue weighted by Crippen LogP contribution is 2.18. The molecule has 0 saturated heterocycles. The summed E-state index contributed by atoms with van der Waals surface area (Å²) in [4.78, 5) is 10.7. The van der Waals surface area contributed by atoms with Crippen molar-refractivity contribution >= 4 is 5.97 Å². The van der Waals surface area contributed by atoms with Crippen molar-refractivity contribution in [2.24, 2.45) is 11.5 Å². The molecule has 0 spiro atoms. The Balaban J connectivity index is 5.97. The van der Waals surface area contributed by atoms with Crippen LogP contribution in [0.15, 0.2) is 0 Å². The Kier molecular flexibility index (Phi) is 1.61. The first-order valence-electron chi connectivity index (χ1n) is 5.73. The molecular weight excluding hydrogens is 170 g/mol. The molecule has 0 aliphatic rings. The second-order valence-corrected chi connectivity index (χ2v) is 1.87. The van der Waals surface area contributed by atoms with Crippen LogP contribution in [0.5, 0.6) is 0 Å². The molecule has 0 amide bonds. The number of carbonyl (C=O) groups is 1. The lowest BCUT2D eigenvalue weighted by Crippen LogP contribution is -2.54. The lowest BCUT2D eigenvalue weighted by Gasteiger charge is -2.22. The molecule has 0 bridgehead atoms. The number of carboxylic acid groups (broad SMARTS) is 1. The summed E-state index contributed by atoms with van der Waals surface area (Å²) in [7, 11) is 0. The Morgan fingerprint density at radius 3 is 2.50 bits per heavy atom. The third-order valence-electron chi connectivity index (χ3n) is 1.04. The Labute approximate surface area is 77.0 Å². The van der Waals surface area contributed by atoms with Gasteiger partial charge in [0.25, 0.3) is 6.43 Å². The fraction of sp³-hybridized carbons (Fsp3) is 0.833. The van der Waals surface area contributed by atoms with Gasteiger partial charge in [0.05, 0.1) is 0 Å². The normalized spacial score (nSPS) is 27.1. The monoisotopic (exact) mass is 188 g/mol. The highest BCUT2D eigenvalue weighted by Gasteiger charge is 2.42. The van der Waals surface area contributed by atoms with Gasteiger partial charge in [-0.25, -0.2) is 13.6 Å². The molecule has 0 saturated carbocycles. The standard InChI is InChI=1S/C6H12F2N2O2/c7-4(8)6(10,5(11)12)2-1-3-9/h4H,1-3,9-10H2,(H,11,12)/i1D2,2D2,3D2. The number of rotatable bonds is 5. The molecule has 0 fully saturated rings. The van der Waals surface area contributed by atoms with Gasteiger partial charge in [0.1, 0.15) is 0 Å². The largest absolute Gasteiger partial charge is 0.480 e. The van der Waals surface area contributed by atoms with Gasteiger partial charge < -0.3 is 16.6 Å². The highest BCUT2D eigenvalue weighted by molar-refractivity contribution is 5.79. The predicted octanol–water partition coefficient (Wildman–Crippen LogP) is -0.228. The quantitative estimate of drug-likeness (QED) is 0.556. The van der Waals surface area contributed by atoms with E-state index in [-0.39, 0.29) is 0 Å². The number of carboxylic acids is 1. The van der Waals surface area contributed by atoms with Crippen LogP contribution < -0.4 is 11.5 Å². The first-order chi connectivity index (χ1) is 7.64. The van der Waals surface area contributed by atoms with Crippen LogP contribution in [0.1, 0.15) is 21.0 Å². The zero-order valence-corrected chi connectivity index (χ0v) is 5.84. The molecule has 0 aromatic rings. The third-order valence-corrected chi connectivity index (χ3v) is 1.04. The summed E-state index contributed by atoms with van der Waals surface area (Å²) >= 11 is 0. The van der Waals surface area contributed by atoms with Crippen LogP contribution in [0.25, 0.3) is 0 Å². The lowest BCUT2D eigenvalue weighted by atomic mass is 9.95. The molecular formula is C6H12F2N2O2. The number of hydrogen-bond acceptors (Lipinski definition) is 3. The Hall–Kier alpha value is -0.750. The van der Waals surface area contributed by atoms with Crippen LogP contribution in [0, 0.1) is 0 Å². The maximum Gasteiger partial charge on any atom is 0.329 e. The molecule has 12 heavy (non-hydrogen) atoms. The topological polar surface area (TPSA) is 89.3 Å². The zero-order chi connectivity index (χ0) is 15.2. The van der Waals surface area contributed by atoms with E-state index in [1.54, 1.807) is 0 Å². The molecule has 5 N–H and O–H groups in total. The van der Waals surface area contributed by atoms with Gasteiger partial charge in [-0.1, -0.05) is 0 Å². The predicted molar refractivity (Wildman–Crippen MR) is 38.8 cm³/mol. The zero-order valence-electron chi connectivity index (χ0n) is 11.8. The lowest BCUT2D eigenvalue weighted by molar-refractivity contribution is -0.150. The van der Waals surface area contributed by atoms with E-state index < -0.39 is 37.2 Å². The second-order valence-electron chi connectivity index (χ2n) is 1.87. The minimum atomic E-state index is -3.97.